The summed E-state index contributed by atoms with van der Waals surface area (Å²) in [6.07, 6.45) is -0.362. The number of hydrogen-bond acceptors (Lipinski definition) is 6. The molecular weight excluding hydrogens is 907 g/mol. The molecule has 0 spiro atoms. The van der Waals surface area contributed by atoms with Gasteiger partial charge in [-0.2, -0.15) is 5.06 Å². The molecule has 358 valence electrons. The van der Waals surface area contributed by atoms with E-state index in [9.17, 15) is 0 Å². The van der Waals surface area contributed by atoms with Gasteiger partial charge in [0.05, 0.1) is 23.2 Å². The highest BCUT2D eigenvalue weighted by Crippen LogP contribution is 2.57. The van der Waals surface area contributed by atoms with Gasteiger partial charge in [0, 0.05) is 45.4 Å². The van der Waals surface area contributed by atoms with E-state index in [0.29, 0.717) is 0 Å². The minimum atomic E-state index is -0.181. The molecular formula is C68H53N3O3. The largest absolute Gasteiger partial charge is 0.469 e. The molecule has 5 aliphatic rings. The number of fused-ring (bicyclic) bond motifs is 12. The minimum absolute atomic E-state index is 0.0535. The van der Waals surface area contributed by atoms with Crippen molar-refractivity contribution in [3.63, 3.8) is 0 Å². The summed E-state index contributed by atoms with van der Waals surface area (Å²) in [5.41, 5.74) is 20.8. The lowest BCUT2D eigenvalue weighted by molar-refractivity contribution is 0.234. The number of nitrogens with zero attached hydrogens (tertiary/aromatic N) is 3. The van der Waals surface area contributed by atoms with E-state index in [4.69, 9.17) is 14.3 Å². The summed E-state index contributed by atoms with van der Waals surface area (Å²) < 4.78 is 13.8. The highest BCUT2D eigenvalue weighted by atomic mass is 16.7. The van der Waals surface area contributed by atoms with Crippen LogP contribution in [0.2, 0.25) is 0 Å². The maximum Gasteiger partial charge on any atom is 0.187 e. The molecule has 0 fully saturated rings. The predicted molar refractivity (Wildman–Crippen MR) is 300 cm³/mol. The van der Waals surface area contributed by atoms with Gasteiger partial charge < -0.3 is 24.1 Å². The number of para-hydroxylation sites is 6. The van der Waals surface area contributed by atoms with Gasteiger partial charge in [-0.25, -0.2) is 0 Å². The van der Waals surface area contributed by atoms with Crippen molar-refractivity contribution < 1.29 is 14.3 Å². The fraction of sp³-hybridized carbons (Fsp3) is 0.118. The fourth-order valence-corrected chi connectivity index (χ4v) is 12.3. The van der Waals surface area contributed by atoms with Crippen molar-refractivity contribution in [3.05, 3.63) is 270 Å². The molecule has 74 heavy (non-hydrogen) atoms. The summed E-state index contributed by atoms with van der Waals surface area (Å²) in [6.45, 7) is 6.29. The second kappa shape index (κ2) is 17.6. The van der Waals surface area contributed by atoms with Gasteiger partial charge in [0.15, 0.2) is 18.2 Å². The Kier molecular flexibility index (Phi) is 10.4. The van der Waals surface area contributed by atoms with Crippen LogP contribution in [0, 0.1) is 0 Å². The smallest absolute Gasteiger partial charge is 0.187 e. The van der Waals surface area contributed by atoms with Crippen LogP contribution in [0.4, 0.5) is 34.1 Å². The normalized spacial score (nSPS) is 18.9. The van der Waals surface area contributed by atoms with Crippen LogP contribution in [0.3, 0.4) is 0 Å². The first-order valence-electron chi connectivity index (χ1n) is 26.0. The van der Waals surface area contributed by atoms with Crippen LogP contribution < -0.4 is 29.2 Å². The Morgan fingerprint density at radius 3 is 1.16 bits per heavy atom. The Bertz CT molecular complexity index is 3600. The third-order valence-electron chi connectivity index (χ3n) is 15.6. The molecule has 0 amide bonds. The van der Waals surface area contributed by atoms with Crippen LogP contribution in [-0.2, 0) is 0 Å². The van der Waals surface area contributed by atoms with Gasteiger partial charge in [-0.1, -0.05) is 148 Å². The van der Waals surface area contributed by atoms with E-state index in [-0.39, 0.29) is 30.2 Å². The molecule has 5 unspecified atom stereocenters. The molecule has 0 saturated heterocycles. The molecule has 6 nitrogen and oxygen atoms in total. The molecule has 0 radical (unpaired) electrons. The Morgan fingerprint density at radius 2 is 0.689 bits per heavy atom. The second-order valence-corrected chi connectivity index (χ2v) is 19.6. The molecule has 10 aromatic carbocycles. The third kappa shape index (κ3) is 6.93. The Hall–Kier alpha value is -9.00. The van der Waals surface area contributed by atoms with Crippen molar-refractivity contribution in [2.24, 2.45) is 0 Å². The Balaban J connectivity index is 0.00000249. The molecule has 5 heterocycles. The topological polar surface area (TPSA) is 37.4 Å². The van der Waals surface area contributed by atoms with Crippen LogP contribution in [0.25, 0.3) is 33.4 Å². The molecule has 0 aromatic heterocycles. The summed E-state index contributed by atoms with van der Waals surface area (Å²) in [6, 6.07) is 85.1. The highest BCUT2D eigenvalue weighted by molar-refractivity contribution is 5.85. The predicted octanol–water partition coefficient (Wildman–Crippen LogP) is 17.3. The van der Waals surface area contributed by atoms with Crippen LogP contribution in [0.15, 0.2) is 237 Å². The van der Waals surface area contributed by atoms with Gasteiger partial charge in [0.2, 0.25) is 0 Å². The van der Waals surface area contributed by atoms with Gasteiger partial charge in [-0.05, 0) is 159 Å². The summed E-state index contributed by atoms with van der Waals surface area (Å²) >= 11 is 0. The van der Waals surface area contributed by atoms with E-state index in [0.717, 1.165) is 78.9 Å². The van der Waals surface area contributed by atoms with Crippen molar-refractivity contribution in [3.8, 4) is 50.6 Å². The minimum Gasteiger partial charge on any atom is -0.469 e. The monoisotopic (exact) mass is 959 g/mol. The summed E-state index contributed by atoms with van der Waals surface area (Å²) in [4.78, 5) is 11.6. The molecule has 10 aromatic rings. The maximum absolute atomic E-state index is 6.92. The van der Waals surface area contributed by atoms with E-state index in [1.165, 1.54) is 39.2 Å². The number of hydrogen-bond donors (Lipinski definition) is 0. The van der Waals surface area contributed by atoms with Crippen molar-refractivity contribution >= 4 is 34.1 Å². The molecule has 0 N–H and O–H groups in total. The number of anilines is 6. The first-order chi connectivity index (χ1) is 36.6. The average Bonchev–Trinajstić information content (AvgIpc) is 4.24. The standard InChI is InChI=1S/C66H47N3O3.C2H6/c1-41-51-23-11-16-28-59(51)69(50-21-9-4-10-22-50)72-62-34-31-42(38-54(41)62)45-35-46(43-29-32-60-55(39-43)63-52-24-12-14-26-57(52)67(65(63)70-60)48-17-5-2-6-18-48)37-47(36-45)44-30-33-61-56(40-44)64-53-25-13-15-27-58(53)68(66(64)71-61)49-19-7-3-8-20-49;1-2/h2-41,63-66H,1H3;1-2H3. The van der Waals surface area contributed by atoms with E-state index in [1.54, 1.807) is 0 Å². The molecule has 5 atom stereocenters. The van der Waals surface area contributed by atoms with Gasteiger partial charge in [0.25, 0.3) is 0 Å². The lowest BCUT2D eigenvalue weighted by Crippen LogP contribution is -2.32. The van der Waals surface area contributed by atoms with Gasteiger partial charge in [0.1, 0.15) is 11.5 Å². The zero-order chi connectivity index (χ0) is 49.4. The highest BCUT2D eigenvalue weighted by Gasteiger charge is 2.49. The van der Waals surface area contributed by atoms with Gasteiger partial charge in [-0.3, -0.25) is 0 Å². The van der Waals surface area contributed by atoms with Gasteiger partial charge >= 0.3 is 0 Å². The van der Waals surface area contributed by atoms with Crippen molar-refractivity contribution in [2.75, 3.05) is 14.9 Å². The zero-order valence-corrected chi connectivity index (χ0v) is 41.5. The van der Waals surface area contributed by atoms with Crippen molar-refractivity contribution in [1.82, 2.24) is 0 Å². The average molecular weight is 960 g/mol. The number of benzene rings is 10. The van der Waals surface area contributed by atoms with E-state index >= 15 is 0 Å². The van der Waals surface area contributed by atoms with Crippen LogP contribution in [-0.4, -0.2) is 12.5 Å². The number of ether oxygens (including phenoxy) is 2. The van der Waals surface area contributed by atoms with Crippen LogP contribution >= 0.6 is 0 Å². The molecule has 5 aliphatic heterocycles. The molecule has 0 aliphatic carbocycles. The summed E-state index contributed by atoms with van der Waals surface area (Å²) in [5.74, 6) is 2.87. The first-order valence-corrected chi connectivity index (χ1v) is 26.0. The summed E-state index contributed by atoms with van der Waals surface area (Å²) in [5, 5.41) is 1.98. The first kappa shape index (κ1) is 43.8. The lowest BCUT2D eigenvalue weighted by atomic mass is 9.86. The molecule has 0 saturated carbocycles. The van der Waals surface area contributed by atoms with E-state index in [1.807, 2.05) is 25.0 Å². The van der Waals surface area contributed by atoms with E-state index < -0.39 is 0 Å². The Labute approximate surface area is 432 Å². The SMILES string of the molecule is CC.CC1c2cc(-c3cc(-c4ccc5c(c4)C4c6ccccc6N(c6ccccc6)C4O5)cc(-c4ccc5c(c4)C4c6ccccc6N(c6ccccc6)C4O5)c3)ccc2ON(c2ccccc2)c2ccccc21. The molecule has 0 bridgehead atoms. The molecule has 6 heteroatoms. The quantitative estimate of drug-likeness (QED) is 0.165. The van der Waals surface area contributed by atoms with Gasteiger partial charge in [-0.15, -0.1) is 0 Å². The van der Waals surface area contributed by atoms with E-state index in [2.05, 4.69) is 247 Å². The molecule has 15 rings (SSSR count). The van der Waals surface area contributed by atoms with Crippen molar-refractivity contribution in [2.45, 2.75) is 51.0 Å². The third-order valence-corrected chi connectivity index (χ3v) is 15.6. The fourth-order valence-electron chi connectivity index (χ4n) is 12.3. The number of rotatable bonds is 6. The van der Waals surface area contributed by atoms with Crippen molar-refractivity contribution in [1.29, 1.82) is 0 Å². The Morgan fingerprint density at radius 1 is 0.311 bits per heavy atom. The zero-order valence-electron chi connectivity index (χ0n) is 41.5. The summed E-state index contributed by atoms with van der Waals surface area (Å²) in [7, 11) is 0. The second-order valence-electron chi connectivity index (χ2n) is 19.6. The lowest BCUT2D eigenvalue weighted by Gasteiger charge is -2.26. The van der Waals surface area contributed by atoms with Crippen LogP contribution in [0.1, 0.15) is 71.9 Å². The van der Waals surface area contributed by atoms with Crippen LogP contribution in [0.5, 0.6) is 17.2 Å². The maximum atomic E-state index is 6.92.